The van der Waals surface area contributed by atoms with Crippen LogP contribution in [-0.2, 0) is 0 Å². The molecule has 1 heterocycles. The number of hydrogen-bond donors (Lipinski definition) is 1. The van der Waals surface area contributed by atoms with Crippen LogP contribution < -0.4 is 5.32 Å². The molecule has 1 N–H and O–H groups in total. The van der Waals surface area contributed by atoms with E-state index in [9.17, 15) is 4.39 Å². The summed E-state index contributed by atoms with van der Waals surface area (Å²) in [6.45, 7) is 2.25. The van der Waals surface area contributed by atoms with Crippen molar-refractivity contribution in [3.8, 4) is 0 Å². The minimum Gasteiger partial charge on any atom is -0.312 e. The molecule has 1 unspecified atom stereocenters. The molecule has 3 heteroatoms. The highest BCUT2D eigenvalue weighted by molar-refractivity contribution is 7.19. The lowest BCUT2D eigenvalue weighted by atomic mass is 10.0. The first kappa shape index (κ1) is 16.4. The lowest BCUT2D eigenvalue weighted by Crippen LogP contribution is -2.14. The quantitative estimate of drug-likeness (QED) is 0.556. The number of nitrogens with one attached hydrogen (secondary N) is 1. The molecule has 1 aromatic heterocycles. The molecule has 2 rings (SSSR count). The summed E-state index contributed by atoms with van der Waals surface area (Å²) < 4.78 is 14.4. The van der Waals surface area contributed by atoms with E-state index in [1.54, 1.807) is 23.5 Å². The Hall–Kier alpha value is -0.930. The minimum atomic E-state index is -0.149. The largest absolute Gasteiger partial charge is 0.312 e. The summed E-state index contributed by atoms with van der Waals surface area (Å²) in [5.74, 6) is -0.149. The van der Waals surface area contributed by atoms with Gasteiger partial charge in [0.1, 0.15) is 5.82 Å². The van der Waals surface area contributed by atoms with Gasteiger partial charge < -0.3 is 5.32 Å². The summed E-state index contributed by atoms with van der Waals surface area (Å²) in [6, 6.07) is 7.60. The summed E-state index contributed by atoms with van der Waals surface area (Å²) in [6.07, 6.45) is 9.12. The lowest BCUT2D eigenvalue weighted by Gasteiger charge is -2.14. The van der Waals surface area contributed by atoms with Crippen molar-refractivity contribution in [1.82, 2.24) is 5.32 Å². The Bertz CT molecular complexity index is 549. The Morgan fingerprint density at radius 3 is 2.62 bits per heavy atom. The zero-order valence-electron chi connectivity index (χ0n) is 13.1. The molecule has 0 aliphatic heterocycles. The van der Waals surface area contributed by atoms with Gasteiger partial charge in [-0.3, -0.25) is 0 Å². The number of thiophene rings is 1. The molecule has 0 fully saturated rings. The van der Waals surface area contributed by atoms with Gasteiger partial charge in [-0.1, -0.05) is 45.4 Å². The Balaban J connectivity index is 1.90. The molecule has 0 radical (unpaired) electrons. The highest BCUT2D eigenvalue weighted by Gasteiger charge is 2.12. The van der Waals surface area contributed by atoms with Crippen molar-refractivity contribution >= 4 is 21.4 Å². The average Bonchev–Trinajstić information content (AvgIpc) is 2.89. The van der Waals surface area contributed by atoms with E-state index in [1.165, 1.54) is 48.1 Å². The maximum absolute atomic E-state index is 13.3. The van der Waals surface area contributed by atoms with E-state index in [-0.39, 0.29) is 5.82 Å². The third kappa shape index (κ3) is 4.79. The first-order chi connectivity index (χ1) is 10.2. The maximum Gasteiger partial charge on any atom is 0.123 e. The molecule has 21 heavy (non-hydrogen) atoms. The Kier molecular flexibility index (Phi) is 6.65. The van der Waals surface area contributed by atoms with Crippen LogP contribution >= 0.6 is 11.3 Å². The SMILES string of the molecule is CCCCCCCCC(NC)c1cc2cc(F)ccc2s1. The normalized spacial score (nSPS) is 12.9. The molecule has 0 saturated carbocycles. The van der Waals surface area contributed by atoms with Gasteiger partial charge in [0.25, 0.3) is 0 Å². The minimum absolute atomic E-state index is 0.149. The van der Waals surface area contributed by atoms with Gasteiger partial charge in [-0.15, -0.1) is 11.3 Å². The molecule has 0 aliphatic carbocycles. The van der Waals surface area contributed by atoms with Crippen LogP contribution in [0.1, 0.15) is 62.8 Å². The summed E-state index contributed by atoms with van der Waals surface area (Å²) in [5, 5.41) is 4.44. The molecular weight excluding hydrogens is 281 g/mol. The van der Waals surface area contributed by atoms with E-state index in [2.05, 4.69) is 18.3 Å². The molecule has 0 amide bonds. The second-order valence-corrected chi connectivity index (χ2v) is 6.84. The van der Waals surface area contributed by atoms with Crippen molar-refractivity contribution in [2.24, 2.45) is 0 Å². The predicted molar refractivity (Wildman–Crippen MR) is 91.6 cm³/mol. The second kappa shape index (κ2) is 8.50. The summed E-state index contributed by atoms with van der Waals surface area (Å²) in [4.78, 5) is 1.33. The number of fused-ring (bicyclic) bond motifs is 1. The molecule has 1 nitrogen and oxygen atoms in total. The van der Waals surface area contributed by atoms with Crippen molar-refractivity contribution in [2.75, 3.05) is 7.05 Å². The fourth-order valence-electron chi connectivity index (χ4n) is 2.76. The molecular formula is C18H26FNS. The van der Waals surface area contributed by atoms with Gasteiger partial charge in [-0.2, -0.15) is 0 Å². The van der Waals surface area contributed by atoms with Gasteiger partial charge in [0.2, 0.25) is 0 Å². The summed E-state index contributed by atoms with van der Waals surface area (Å²) >= 11 is 1.78. The third-order valence-corrected chi connectivity index (χ3v) is 5.27. The van der Waals surface area contributed by atoms with E-state index in [0.29, 0.717) is 6.04 Å². The van der Waals surface area contributed by atoms with Crippen molar-refractivity contribution in [3.05, 3.63) is 35.0 Å². The Morgan fingerprint density at radius 1 is 1.10 bits per heavy atom. The van der Waals surface area contributed by atoms with E-state index in [0.717, 1.165) is 11.8 Å². The van der Waals surface area contributed by atoms with Crippen molar-refractivity contribution in [3.63, 3.8) is 0 Å². The molecule has 0 aliphatic rings. The number of benzene rings is 1. The van der Waals surface area contributed by atoms with Crippen LogP contribution in [0.5, 0.6) is 0 Å². The fraction of sp³-hybridized carbons (Fsp3) is 0.556. The number of unbranched alkanes of at least 4 members (excludes halogenated alkanes) is 5. The predicted octanol–water partition coefficient (Wildman–Crippen LogP) is 6.05. The van der Waals surface area contributed by atoms with Crippen LogP contribution in [0.3, 0.4) is 0 Å². The van der Waals surface area contributed by atoms with Crippen LogP contribution in [0.2, 0.25) is 0 Å². The third-order valence-electron chi connectivity index (χ3n) is 4.04. The fourth-order valence-corrected chi connectivity index (χ4v) is 3.95. The summed E-state index contributed by atoms with van der Waals surface area (Å²) in [5.41, 5.74) is 0. The monoisotopic (exact) mass is 307 g/mol. The summed E-state index contributed by atoms with van der Waals surface area (Å²) in [7, 11) is 2.02. The first-order valence-corrected chi connectivity index (χ1v) is 8.92. The van der Waals surface area contributed by atoms with Gasteiger partial charge in [-0.05, 0) is 43.1 Å². The first-order valence-electron chi connectivity index (χ1n) is 8.11. The Labute approximate surface area is 131 Å². The van der Waals surface area contributed by atoms with Gasteiger partial charge in [0, 0.05) is 15.6 Å². The van der Waals surface area contributed by atoms with Crippen molar-refractivity contribution < 1.29 is 4.39 Å². The van der Waals surface area contributed by atoms with Gasteiger partial charge in [0.15, 0.2) is 0 Å². The second-order valence-electron chi connectivity index (χ2n) is 5.73. The average molecular weight is 307 g/mol. The van der Waals surface area contributed by atoms with E-state index in [4.69, 9.17) is 0 Å². The zero-order chi connectivity index (χ0) is 15.1. The molecule has 1 aromatic carbocycles. The van der Waals surface area contributed by atoms with E-state index in [1.807, 2.05) is 13.1 Å². The standard InChI is InChI=1S/C18H26FNS/c1-3-4-5-6-7-8-9-16(20-2)18-13-14-12-15(19)10-11-17(14)21-18/h10-13,16,20H,3-9H2,1-2H3. The van der Waals surface area contributed by atoms with Gasteiger partial charge in [0.05, 0.1) is 0 Å². The van der Waals surface area contributed by atoms with Crippen LogP contribution in [0.15, 0.2) is 24.3 Å². The van der Waals surface area contributed by atoms with Gasteiger partial charge >= 0.3 is 0 Å². The van der Waals surface area contributed by atoms with Gasteiger partial charge in [-0.25, -0.2) is 4.39 Å². The van der Waals surface area contributed by atoms with Crippen molar-refractivity contribution in [2.45, 2.75) is 57.9 Å². The highest BCUT2D eigenvalue weighted by atomic mass is 32.1. The number of hydrogen-bond acceptors (Lipinski definition) is 2. The molecule has 2 aromatic rings. The lowest BCUT2D eigenvalue weighted by molar-refractivity contribution is 0.503. The van der Waals surface area contributed by atoms with E-state index >= 15 is 0 Å². The molecule has 116 valence electrons. The van der Waals surface area contributed by atoms with Crippen LogP contribution in [0.25, 0.3) is 10.1 Å². The Morgan fingerprint density at radius 2 is 1.86 bits per heavy atom. The topological polar surface area (TPSA) is 12.0 Å². The molecule has 0 bridgehead atoms. The van der Waals surface area contributed by atoms with Crippen molar-refractivity contribution in [1.29, 1.82) is 0 Å². The number of halogens is 1. The molecule has 0 saturated heterocycles. The van der Waals surface area contributed by atoms with Crippen LogP contribution in [-0.4, -0.2) is 7.05 Å². The van der Waals surface area contributed by atoms with E-state index < -0.39 is 0 Å². The molecule has 0 spiro atoms. The molecule has 1 atom stereocenters. The smallest absolute Gasteiger partial charge is 0.123 e. The zero-order valence-corrected chi connectivity index (χ0v) is 13.9. The highest BCUT2D eigenvalue weighted by Crippen LogP contribution is 2.32. The maximum atomic E-state index is 13.3. The van der Waals surface area contributed by atoms with Crippen LogP contribution in [0, 0.1) is 5.82 Å². The van der Waals surface area contributed by atoms with Crippen LogP contribution in [0.4, 0.5) is 4.39 Å². The number of rotatable bonds is 9.